The van der Waals surface area contributed by atoms with E-state index in [0.29, 0.717) is 13.1 Å². The molecule has 1 N–H and O–H groups in total. The predicted molar refractivity (Wildman–Crippen MR) is 102 cm³/mol. The maximum atomic E-state index is 12.7. The Balaban J connectivity index is 1.72. The van der Waals surface area contributed by atoms with Crippen molar-refractivity contribution in [3.8, 4) is 0 Å². The van der Waals surface area contributed by atoms with Crippen molar-refractivity contribution in [3.63, 3.8) is 0 Å². The molecule has 26 heavy (non-hydrogen) atoms. The molecule has 2 heterocycles. The highest BCUT2D eigenvalue weighted by molar-refractivity contribution is 5.78. The van der Waals surface area contributed by atoms with Crippen LogP contribution in [0.1, 0.15) is 38.3 Å². The molecule has 3 rings (SSSR count). The largest absolute Gasteiger partial charge is 0.350 e. The lowest BCUT2D eigenvalue weighted by atomic mass is 10.1. The highest BCUT2D eigenvalue weighted by atomic mass is 16.2. The Morgan fingerprint density at radius 2 is 1.69 bits per heavy atom. The molecular formula is C20H24N4O2. The zero-order valence-corrected chi connectivity index (χ0v) is 15.2. The molecule has 6 heteroatoms. The molecule has 136 valence electrons. The first-order chi connectivity index (χ1) is 12.6. The molecule has 0 bridgehead atoms. The highest BCUT2D eigenvalue weighted by Gasteiger charge is 2.14. The van der Waals surface area contributed by atoms with Gasteiger partial charge in [0.15, 0.2) is 0 Å². The number of carbonyl (C=O) groups excluding carboxylic acids is 1. The van der Waals surface area contributed by atoms with Crippen LogP contribution in [-0.4, -0.2) is 20.0 Å². The van der Waals surface area contributed by atoms with Crippen molar-refractivity contribution in [2.75, 3.05) is 0 Å². The Morgan fingerprint density at radius 3 is 2.31 bits per heavy atom. The number of hydrogen-bond acceptors (Lipinski definition) is 3. The van der Waals surface area contributed by atoms with Crippen molar-refractivity contribution in [3.05, 3.63) is 64.8 Å². The number of nitrogens with one attached hydrogen (secondary N) is 1. The number of imidazole rings is 1. The Kier molecular flexibility index (Phi) is 5.51. The number of hydrogen-bond donors (Lipinski definition) is 1. The quantitative estimate of drug-likeness (QED) is 0.711. The number of fused-ring (bicyclic) bond motifs is 1. The van der Waals surface area contributed by atoms with Crippen molar-refractivity contribution in [1.82, 2.24) is 19.4 Å². The first-order valence-corrected chi connectivity index (χ1v) is 8.99. The smallest absolute Gasteiger partial charge is 0.329 e. The number of nitrogens with zero attached hydrogens (tertiary/aromatic N) is 3. The number of rotatable bonds is 7. The van der Waals surface area contributed by atoms with Gasteiger partial charge in [0.1, 0.15) is 0 Å². The Labute approximate surface area is 152 Å². The summed E-state index contributed by atoms with van der Waals surface area (Å²) >= 11 is 0. The van der Waals surface area contributed by atoms with Crippen LogP contribution in [0.15, 0.2) is 53.6 Å². The molecule has 2 aromatic heterocycles. The fourth-order valence-corrected chi connectivity index (χ4v) is 3.19. The first-order valence-electron chi connectivity index (χ1n) is 8.99. The number of aromatic nitrogens is 3. The summed E-state index contributed by atoms with van der Waals surface area (Å²) < 4.78 is 3.48. The van der Waals surface area contributed by atoms with Gasteiger partial charge in [-0.2, -0.15) is 0 Å². The van der Waals surface area contributed by atoms with Gasteiger partial charge < -0.3 is 5.32 Å². The third-order valence-corrected chi connectivity index (χ3v) is 4.52. The van der Waals surface area contributed by atoms with E-state index in [2.05, 4.69) is 10.3 Å². The molecule has 1 atom stereocenters. The summed E-state index contributed by atoms with van der Waals surface area (Å²) in [6.45, 7) is 5.03. The molecule has 0 fully saturated rings. The van der Waals surface area contributed by atoms with Gasteiger partial charge in [0.25, 0.3) is 0 Å². The summed E-state index contributed by atoms with van der Waals surface area (Å²) in [5.41, 5.74) is 2.75. The van der Waals surface area contributed by atoms with Crippen LogP contribution in [0.3, 0.4) is 0 Å². The zero-order chi connectivity index (χ0) is 18.5. The zero-order valence-electron chi connectivity index (χ0n) is 15.2. The summed E-state index contributed by atoms with van der Waals surface area (Å²) in [6.07, 6.45) is 4.56. The van der Waals surface area contributed by atoms with E-state index < -0.39 is 0 Å². The minimum atomic E-state index is -0.0938. The highest BCUT2D eigenvalue weighted by Crippen LogP contribution is 2.14. The molecule has 0 aliphatic heterocycles. The number of para-hydroxylation sites is 2. The topological polar surface area (TPSA) is 68.9 Å². The summed E-state index contributed by atoms with van der Waals surface area (Å²) in [5.74, 6) is -0.0754. The van der Waals surface area contributed by atoms with E-state index >= 15 is 0 Å². The fourth-order valence-electron chi connectivity index (χ4n) is 3.19. The summed E-state index contributed by atoms with van der Waals surface area (Å²) in [6, 6.07) is 11.4. The molecule has 1 aromatic carbocycles. The maximum Gasteiger partial charge on any atom is 0.329 e. The lowest BCUT2D eigenvalue weighted by Crippen LogP contribution is -2.30. The second kappa shape index (κ2) is 7.99. The molecule has 0 saturated carbocycles. The van der Waals surface area contributed by atoms with E-state index in [-0.39, 0.29) is 24.1 Å². The van der Waals surface area contributed by atoms with Crippen molar-refractivity contribution < 1.29 is 4.79 Å². The molecule has 0 aliphatic rings. The third kappa shape index (κ3) is 3.69. The van der Waals surface area contributed by atoms with Crippen LogP contribution in [0.25, 0.3) is 11.0 Å². The summed E-state index contributed by atoms with van der Waals surface area (Å²) in [7, 11) is 0. The van der Waals surface area contributed by atoms with Crippen LogP contribution in [0.5, 0.6) is 0 Å². The summed E-state index contributed by atoms with van der Waals surface area (Å²) in [4.78, 5) is 29.0. The first kappa shape index (κ1) is 17.9. The van der Waals surface area contributed by atoms with Gasteiger partial charge in [-0.3, -0.25) is 18.9 Å². The fraction of sp³-hybridized carbons (Fsp3) is 0.350. The van der Waals surface area contributed by atoms with Gasteiger partial charge in [0.05, 0.1) is 17.1 Å². The molecule has 3 aromatic rings. The van der Waals surface area contributed by atoms with Crippen molar-refractivity contribution >= 4 is 16.9 Å². The Hall–Kier alpha value is -2.89. The molecule has 0 saturated heterocycles. The predicted octanol–water partition coefficient (Wildman–Crippen LogP) is 2.88. The molecule has 1 amide bonds. The van der Waals surface area contributed by atoms with Crippen molar-refractivity contribution in [1.29, 1.82) is 0 Å². The van der Waals surface area contributed by atoms with Crippen LogP contribution < -0.4 is 11.0 Å². The molecule has 0 spiro atoms. The Morgan fingerprint density at radius 1 is 1.08 bits per heavy atom. The van der Waals surface area contributed by atoms with Crippen LogP contribution in [0, 0.1) is 0 Å². The number of carbonyl (C=O) groups is 1. The van der Waals surface area contributed by atoms with Gasteiger partial charge in [0.2, 0.25) is 5.91 Å². The van der Waals surface area contributed by atoms with Crippen LogP contribution in [0.4, 0.5) is 0 Å². The van der Waals surface area contributed by atoms with Gasteiger partial charge in [-0.25, -0.2) is 4.79 Å². The Bertz CT molecular complexity index is 943. The van der Waals surface area contributed by atoms with Crippen molar-refractivity contribution in [2.45, 2.75) is 45.8 Å². The average Bonchev–Trinajstić information content (AvgIpc) is 2.93. The monoisotopic (exact) mass is 352 g/mol. The van der Waals surface area contributed by atoms with Gasteiger partial charge >= 0.3 is 5.69 Å². The van der Waals surface area contributed by atoms with Crippen LogP contribution in [-0.2, 0) is 17.9 Å². The lowest BCUT2D eigenvalue weighted by molar-refractivity contribution is -0.121. The van der Waals surface area contributed by atoms with Crippen LogP contribution in [0.2, 0.25) is 0 Å². The standard InChI is InChI=1S/C20H24N4O2/c1-3-13-23-17-6-4-5-7-18(17)24(20(23)26)14-10-19(25)22-15(2)16-8-11-21-12-9-16/h4-9,11-12,15H,3,10,13-14H2,1-2H3,(H,22,25)/t15-/m0/s1. The second-order valence-corrected chi connectivity index (χ2v) is 6.39. The molecular weight excluding hydrogens is 328 g/mol. The summed E-state index contributed by atoms with van der Waals surface area (Å²) in [5, 5.41) is 2.98. The van der Waals surface area contributed by atoms with E-state index in [1.165, 1.54) is 0 Å². The minimum Gasteiger partial charge on any atom is -0.350 e. The van der Waals surface area contributed by atoms with Gasteiger partial charge in [-0.1, -0.05) is 19.1 Å². The van der Waals surface area contributed by atoms with Gasteiger partial charge in [0, 0.05) is 31.9 Å². The third-order valence-electron chi connectivity index (χ3n) is 4.52. The van der Waals surface area contributed by atoms with E-state index in [1.54, 1.807) is 21.5 Å². The van der Waals surface area contributed by atoms with E-state index in [1.807, 2.05) is 50.2 Å². The number of pyridine rings is 1. The van der Waals surface area contributed by atoms with Gasteiger partial charge in [-0.15, -0.1) is 0 Å². The molecule has 6 nitrogen and oxygen atoms in total. The average molecular weight is 352 g/mol. The molecule has 0 radical (unpaired) electrons. The second-order valence-electron chi connectivity index (χ2n) is 6.39. The number of amides is 1. The number of aryl methyl sites for hydroxylation is 2. The maximum absolute atomic E-state index is 12.7. The lowest BCUT2D eigenvalue weighted by Gasteiger charge is -2.14. The van der Waals surface area contributed by atoms with E-state index in [0.717, 1.165) is 23.0 Å². The molecule has 0 aliphatic carbocycles. The normalized spacial score (nSPS) is 12.2. The number of benzene rings is 1. The minimum absolute atomic E-state index is 0.0527. The van der Waals surface area contributed by atoms with Crippen molar-refractivity contribution in [2.24, 2.45) is 0 Å². The van der Waals surface area contributed by atoms with Gasteiger partial charge in [-0.05, 0) is 43.2 Å². The van der Waals surface area contributed by atoms with E-state index in [4.69, 9.17) is 0 Å². The SMILES string of the molecule is CCCn1c(=O)n(CCC(=O)N[C@@H](C)c2ccncc2)c2ccccc21. The van der Waals surface area contributed by atoms with E-state index in [9.17, 15) is 9.59 Å². The molecule has 0 unspecified atom stereocenters. The van der Waals surface area contributed by atoms with Crippen LogP contribution >= 0.6 is 0 Å².